The first-order chi connectivity index (χ1) is 7.91. The Balaban J connectivity index is 2.55. The van der Waals surface area contributed by atoms with Crippen LogP contribution in [-0.4, -0.2) is 12.5 Å². The number of nitrogens with one attached hydrogen (secondary N) is 1. The summed E-state index contributed by atoms with van der Waals surface area (Å²) < 4.78 is 38.2. The molecule has 0 spiro atoms. The van der Waals surface area contributed by atoms with Crippen LogP contribution in [0.3, 0.4) is 0 Å². The van der Waals surface area contributed by atoms with Gasteiger partial charge in [0.05, 0.1) is 17.2 Å². The van der Waals surface area contributed by atoms with Gasteiger partial charge in [-0.05, 0) is 18.1 Å². The Morgan fingerprint density at radius 2 is 2.12 bits per heavy atom. The molecule has 1 atom stereocenters. The van der Waals surface area contributed by atoms with Gasteiger partial charge in [-0.3, -0.25) is 4.79 Å². The van der Waals surface area contributed by atoms with Crippen LogP contribution in [0.25, 0.3) is 0 Å². The second-order valence-electron chi connectivity index (χ2n) is 3.94. The quantitative estimate of drug-likeness (QED) is 0.794. The van der Waals surface area contributed by atoms with Crippen molar-refractivity contribution in [1.29, 1.82) is 0 Å². The van der Waals surface area contributed by atoms with Crippen molar-refractivity contribution in [3.8, 4) is 0 Å². The lowest BCUT2D eigenvalue weighted by Crippen LogP contribution is -2.29. The van der Waals surface area contributed by atoms with Crippen LogP contribution in [0, 0.1) is 0 Å². The number of benzene rings is 1. The first-order valence-corrected chi connectivity index (χ1v) is 5.14. The molecule has 0 bridgehead atoms. The summed E-state index contributed by atoms with van der Waals surface area (Å²) >= 11 is 0. The molecule has 1 unspecified atom stereocenters. The summed E-state index contributed by atoms with van der Waals surface area (Å²) in [6.45, 7) is 0.313. The van der Waals surface area contributed by atoms with Crippen LogP contribution in [0.4, 0.5) is 18.9 Å². The molecule has 0 aromatic heterocycles. The fourth-order valence-electron chi connectivity index (χ4n) is 2.09. The number of nitrogens with two attached hydrogens (primary N) is 1. The molecule has 1 heterocycles. The van der Waals surface area contributed by atoms with Gasteiger partial charge in [0.15, 0.2) is 0 Å². The average molecular weight is 244 g/mol. The molecular weight excluding hydrogens is 233 g/mol. The largest absolute Gasteiger partial charge is 0.418 e. The van der Waals surface area contributed by atoms with Crippen molar-refractivity contribution >= 4 is 11.6 Å². The number of halogens is 3. The Kier molecular flexibility index (Phi) is 2.73. The van der Waals surface area contributed by atoms with E-state index >= 15 is 0 Å². The highest BCUT2D eigenvalue weighted by Gasteiger charge is 2.37. The Labute approximate surface area is 95.8 Å². The minimum Gasteiger partial charge on any atom is -0.384 e. The zero-order valence-corrected chi connectivity index (χ0v) is 8.84. The molecule has 1 aromatic carbocycles. The van der Waals surface area contributed by atoms with Crippen molar-refractivity contribution in [2.75, 3.05) is 11.9 Å². The predicted molar refractivity (Wildman–Crippen MR) is 56.5 cm³/mol. The second kappa shape index (κ2) is 3.94. The summed E-state index contributed by atoms with van der Waals surface area (Å²) in [6.07, 6.45) is -4.01. The first kappa shape index (κ1) is 11.8. The average Bonchev–Trinajstić information content (AvgIpc) is 2.26. The summed E-state index contributed by atoms with van der Waals surface area (Å²) in [4.78, 5) is 11.2. The molecule has 0 fully saturated rings. The standard InChI is InChI=1S/C11H11F3N2O/c12-11(13,14)8-3-1-2-6-7(10(15)17)4-5-16-9(6)8/h1-3,7,16H,4-5H2,(H2,15,17). The number of rotatable bonds is 1. The van der Waals surface area contributed by atoms with E-state index in [1.165, 1.54) is 12.1 Å². The molecule has 92 valence electrons. The van der Waals surface area contributed by atoms with Crippen LogP contribution in [0.1, 0.15) is 23.5 Å². The van der Waals surface area contributed by atoms with Crippen LogP contribution in [0.15, 0.2) is 18.2 Å². The molecule has 1 aromatic rings. The summed E-state index contributed by atoms with van der Waals surface area (Å²) in [5.41, 5.74) is 4.76. The van der Waals surface area contributed by atoms with Crippen molar-refractivity contribution < 1.29 is 18.0 Å². The molecule has 6 heteroatoms. The van der Waals surface area contributed by atoms with Crippen molar-refractivity contribution in [2.24, 2.45) is 5.73 Å². The lowest BCUT2D eigenvalue weighted by atomic mass is 9.88. The third-order valence-corrected chi connectivity index (χ3v) is 2.86. The summed E-state index contributed by atoms with van der Waals surface area (Å²) in [7, 11) is 0. The van der Waals surface area contributed by atoms with Gasteiger partial charge in [-0.2, -0.15) is 13.2 Å². The lowest BCUT2D eigenvalue weighted by Gasteiger charge is -2.27. The summed E-state index contributed by atoms with van der Waals surface area (Å²) in [5.74, 6) is -1.24. The van der Waals surface area contributed by atoms with Gasteiger partial charge in [-0.15, -0.1) is 0 Å². The monoisotopic (exact) mass is 244 g/mol. The highest BCUT2D eigenvalue weighted by molar-refractivity contribution is 5.85. The summed E-state index contributed by atoms with van der Waals surface area (Å²) in [5, 5.41) is 2.69. The molecule has 0 saturated heterocycles. The SMILES string of the molecule is NC(=O)C1CCNc2c1cccc2C(F)(F)F. The van der Waals surface area contributed by atoms with Gasteiger partial charge < -0.3 is 11.1 Å². The van der Waals surface area contributed by atoms with Gasteiger partial charge in [-0.25, -0.2) is 0 Å². The fourth-order valence-corrected chi connectivity index (χ4v) is 2.09. The maximum atomic E-state index is 12.7. The molecule has 3 N–H and O–H groups in total. The zero-order chi connectivity index (χ0) is 12.6. The van der Waals surface area contributed by atoms with Crippen LogP contribution >= 0.6 is 0 Å². The Bertz CT molecular complexity index is 457. The number of fused-ring (bicyclic) bond motifs is 1. The van der Waals surface area contributed by atoms with Crippen LogP contribution in [0.5, 0.6) is 0 Å². The van der Waals surface area contributed by atoms with Gasteiger partial charge in [0.1, 0.15) is 0 Å². The minimum absolute atomic E-state index is 0.0185. The number of para-hydroxylation sites is 1. The van der Waals surface area contributed by atoms with E-state index in [0.29, 0.717) is 18.5 Å². The number of carbonyl (C=O) groups excluding carboxylic acids is 1. The minimum atomic E-state index is -4.43. The van der Waals surface area contributed by atoms with E-state index < -0.39 is 23.6 Å². The number of amides is 1. The molecule has 3 nitrogen and oxygen atoms in total. The zero-order valence-electron chi connectivity index (χ0n) is 8.84. The Hall–Kier alpha value is -1.72. The van der Waals surface area contributed by atoms with Gasteiger partial charge in [0.25, 0.3) is 0 Å². The number of alkyl halides is 3. The van der Waals surface area contributed by atoms with Gasteiger partial charge in [0.2, 0.25) is 5.91 Å². The maximum Gasteiger partial charge on any atom is 0.418 e. The molecule has 1 aliphatic heterocycles. The Morgan fingerprint density at radius 3 is 2.71 bits per heavy atom. The Morgan fingerprint density at radius 1 is 1.41 bits per heavy atom. The molecule has 17 heavy (non-hydrogen) atoms. The van der Waals surface area contributed by atoms with E-state index in [-0.39, 0.29) is 5.69 Å². The maximum absolute atomic E-state index is 12.7. The topological polar surface area (TPSA) is 55.1 Å². The molecule has 1 aliphatic rings. The number of carbonyl (C=O) groups is 1. The number of primary amides is 1. The highest BCUT2D eigenvalue weighted by atomic mass is 19.4. The second-order valence-corrected chi connectivity index (χ2v) is 3.94. The van der Waals surface area contributed by atoms with Crippen molar-refractivity contribution in [3.63, 3.8) is 0 Å². The number of hydrogen-bond donors (Lipinski definition) is 2. The lowest BCUT2D eigenvalue weighted by molar-refractivity contribution is -0.137. The van der Waals surface area contributed by atoms with Crippen LogP contribution in [0.2, 0.25) is 0 Å². The third-order valence-electron chi connectivity index (χ3n) is 2.86. The normalized spacial score (nSPS) is 19.4. The molecule has 0 saturated carbocycles. The third kappa shape index (κ3) is 2.07. The predicted octanol–water partition coefficient (Wildman–Crippen LogP) is 2.09. The smallest absolute Gasteiger partial charge is 0.384 e. The molecular formula is C11H11F3N2O. The molecule has 0 radical (unpaired) electrons. The fraction of sp³-hybridized carbons (Fsp3) is 0.364. The van der Waals surface area contributed by atoms with Gasteiger partial charge in [-0.1, -0.05) is 12.1 Å². The van der Waals surface area contributed by atoms with Crippen LogP contribution in [-0.2, 0) is 11.0 Å². The van der Waals surface area contributed by atoms with E-state index in [9.17, 15) is 18.0 Å². The van der Waals surface area contributed by atoms with Gasteiger partial charge >= 0.3 is 6.18 Å². The number of hydrogen-bond acceptors (Lipinski definition) is 2. The van der Waals surface area contributed by atoms with Crippen molar-refractivity contribution in [1.82, 2.24) is 0 Å². The number of anilines is 1. The van der Waals surface area contributed by atoms with E-state index in [0.717, 1.165) is 6.07 Å². The van der Waals surface area contributed by atoms with E-state index in [1.54, 1.807) is 0 Å². The van der Waals surface area contributed by atoms with Crippen molar-refractivity contribution in [2.45, 2.75) is 18.5 Å². The molecule has 1 amide bonds. The summed E-state index contributed by atoms with van der Waals surface area (Å²) in [6, 6.07) is 3.80. The van der Waals surface area contributed by atoms with Crippen LogP contribution < -0.4 is 11.1 Å². The first-order valence-electron chi connectivity index (χ1n) is 5.14. The van der Waals surface area contributed by atoms with Gasteiger partial charge in [0, 0.05) is 6.54 Å². The van der Waals surface area contributed by atoms with Crippen molar-refractivity contribution in [3.05, 3.63) is 29.3 Å². The molecule has 2 rings (SSSR count). The van der Waals surface area contributed by atoms with E-state index in [1.807, 2.05) is 0 Å². The molecule has 0 aliphatic carbocycles. The van der Waals surface area contributed by atoms with E-state index in [2.05, 4.69) is 5.32 Å². The van der Waals surface area contributed by atoms with E-state index in [4.69, 9.17) is 5.73 Å². The highest BCUT2D eigenvalue weighted by Crippen LogP contribution is 2.41.